The quantitative estimate of drug-likeness (QED) is 0.804. The molecule has 130 valence electrons. The number of rotatable bonds is 4. The zero-order valence-electron chi connectivity index (χ0n) is 13.2. The van der Waals surface area contributed by atoms with Crippen molar-refractivity contribution in [2.24, 2.45) is 0 Å². The van der Waals surface area contributed by atoms with Crippen molar-refractivity contribution < 1.29 is 24.2 Å². The van der Waals surface area contributed by atoms with E-state index in [1.54, 1.807) is 9.80 Å². The normalized spacial score (nSPS) is 20.3. The van der Waals surface area contributed by atoms with Crippen molar-refractivity contribution >= 4 is 34.6 Å². The Morgan fingerprint density at radius 1 is 1.42 bits per heavy atom. The van der Waals surface area contributed by atoms with E-state index in [0.29, 0.717) is 37.7 Å². The number of ether oxygens (including phenoxy) is 1. The number of methoxy groups -OCH3 is 1. The highest BCUT2D eigenvalue weighted by atomic mass is 32.1. The Kier molecular flexibility index (Phi) is 4.56. The summed E-state index contributed by atoms with van der Waals surface area (Å²) in [6.07, 6.45) is -0.249. The number of carboxylic acid groups (broad SMARTS) is 1. The first kappa shape index (κ1) is 16.5. The van der Waals surface area contributed by atoms with Gasteiger partial charge < -0.3 is 19.6 Å². The average molecular weight is 354 g/mol. The van der Waals surface area contributed by atoms with Gasteiger partial charge in [-0.1, -0.05) is 0 Å². The zero-order valence-corrected chi connectivity index (χ0v) is 14.0. The van der Waals surface area contributed by atoms with E-state index in [4.69, 9.17) is 5.11 Å². The summed E-state index contributed by atoms with van der Waals surface area (Å²) in [5.41, 5.74) is 0.741. The Bertz CT molecular complexity index is 663. The first-order valence-electron chi connectivity index (χ1n) is 7.57. The molecule has 3 heterocycles. The lowest BCUT2D eigenvalue weighted by atomic mass is 10.2. The van der Waals surface area contributed by atoms with Crippen LogP contribution in [0.15, 0.2) is 5.38 Å². The van der Waals surface area contributed by atoms with Crippen LogP contribution < -0.4 is 4.90 Å². The number of carbonyl (C=O) groups excluding carboxylic acids is 2. The van der Waals surface area contributed by atoms with E-state index in [-0.39, 0.29) is 24.5 Å². The Morgan fingerprint density at radius 2 is 2.21 bits per heavy atom. The minimum atomic E-state index is -0.958. The largest absolute Gasteiger partial charge is 0.469 e. The van der Waals surface area contributed by atoms with Crippen LogP contribution in [0, 0.1) is 0 Å². The Balaban J connectivity index is 1.66. The van der Waals surface area contributed by atoms with Gasteiger partial charge in [0.25, 0.3) is 0 Å². The standard InChI is InChI=1S/C14H18N4O5S/c1-23-11(19)3-2-9-8-24-12(15-9)18-7-10-6-16(14(21)22)4-5-17(10)13(18)20/h8,10H,2-7H2,1H3,(H,21,22). The van der Waals surface area contributed by atoms with Gasteiger partial charge in [0.15, 0.2) is 5.13 Å². The molecule has 2 aliphatic heterocycles. The molecule has 10 heteroatoms. The number of anilines is 1. The van der Waals surface area contributed by atoms with Crippen LogP contribution in [-0.4, -0.2) is 77.3 Å². The summed E-state index contributed by atoms with van der Waals surface area (Å²) in [6.45, 7) is 1.46. The number of thiazole rings is 1. The van der Waals surface area contributed by atoms with E-state index in [1.165, 1.54) is 23.3 Å². The molecule has 3 amide bonds. The molecule has 1 unspecified atom stereocenters. The molecule has 1 aromatic heterocycles. The van der Waals surface area contributed by atoms with Crippen LogP contribution in [0.1, 0.15) is 12.1 Å². The highest BCUT2D eigenvalue weighted by Gasteiger charge is 2.43. The lowest BCUT2D eigenvalue weighted by Crippen LogP contribution is -2.53. The third-order valence-electron chi connectivity index (χ3n) is 4.21. The van der Waals surface area contributed by atoms with Crippen LogP contribution >= 0.6 is 11.3 Å². The molecule has 0 aromatic carbocycles. The maximum Gasteiger partial charge on any atom is 0.407 e. The first-order chi connectivity index (χ1) is 11.5. The van der Waals surface area contributed by atoms with Crippen molar-refractivity contribution in [2.75, 3.05) is 38.2 Å². The second kappa shape index (κ2) is 6.63. The first-order valence-corrected chi connectivity index (χ1v) is 8.44. The number of hydrogen-bond donors (Lipinski definition) is 1. The fraction of sp³-hybridized carbons (Fsp3) is 0.571. The number of aryl methyl sites for hydroxylation is 1. The molecule has 0 saturated carbocycles. The Labute approximate surface area is 142 Å². The van der Waals surface area contributed by atoms with E-state index in [1.807, 2.05) is 5.38 Å². The van der Waals surface area contributed by atoms with E-state index < -0.39 is 6.09 Å². The van der Waals surface area contributed by atoms with E-state index in [9.17, 15) is 14.4 Å². The smallest absolute Gasteiger partial charge is 0.407 e. The summed E-state index contributed by atoms with van der Waals surface area (Å²) in [7, 11) is 1.34. The topological polar surface area (TPSA) is 103 Å². The van der Waals surface area contributed by atoms with Crippen molar-refractivity contribution in [2.45, 2.75) is 18.9 Å². The minimum absolute atomic E-state index is 0.140. The minimum Gasteiger partial charge on any atom is -0.469 e. The summed E-state index contributed by atoms with van der Waals surface area (Å²) < 4.78 is 4.60. The van der Waals surface area contributed by atoms with Crippen LogP contribution in [0.3, 0.4) is 0 Å². The van der Waals surface area contributed by atoms with Crippen LogP contribution in [-0.2, 0) is 16.0 Å². The van der Waals surface area contributed by atoms with Crippen LogP contribution in [0.4, 0.5) is 14.7 Å². The highest BCUT2D eigenvalue weighted by Crippen LogP contribution is 2.29. The third kappa shape index (κ3) is 3.14. The van der Waals surface area contributed by atoms with Gasteiger partial charge in [0, 0.05) is 31.4 Å². The summed E-state index contributed by atoms with van der Waals surface area (Å²) >= 11 is 1.35. The summed E-state index contributed by atoms with van der Waals surface area (Å²) in [4.78, 5) is 43.8. The molecule has 1 N–H and O–H groups in total. The van der Waals surface area contributed by atoms with Crippen molar-refractivity contribution in [1.29, 1.82) is 0 Å². The third-order valence-corrected chi connectivity index (χ3v) is 5.12. The van der Waals surface area contributed by atoms with Crippen LogP contribution in [0.25, 0.3) is 0 Å². The number of amides is 3. The second-order valence-corrected chi connectivity index (χ2v) is 6.50. The molecular formula is C14H18N4O5S. The molecular weight excluding hydrogens is 336 g/mol. The van der Waals surface area contributed by atoms with Crippen molar-refractivity contribution in [1.82, 2.24) is 14.8 Å². The van der Waals surface area contributed by atoms with Gasteiger partial charge in [-0.05, 0) is 0 Å². The van der Waals surface area contributed by atoms with Gasteiger partial charge in [0.1, 0.15) is 0 Å². The summed E-state index contributed by atoms with van der Waals surface area (Å²) in [5, 5.41) is 11.5. The lowest BCUT2D eigenvalue weighted by molar-refractivity contribution is -0.140. The number of carbonyl (C=O) groups is 3. The second-order valence-electron chi connectivity index (χ2n) is 5.67. The SMILES string of the molecule is COC(=O)CCc1csc(N2CC3CN(C(=O)O)CCN3C2=O)n1. The van der Waals surface area contributed by atoms with E-state index >= 15 is 0 Å². The fourth-order valence-corrected chi connectivity index (χ4v) is 3.77. The van der Waals surface area contributed by atoms with Gasteiger partial charge in [-0.3, -0.25) is 9.69 Å². The van der Waals surface area contributed by atoms with E-state index in [2.05, 4.69) is 9.72 Å². The molecule has 2 aliphatic rings. The van der Waals surface area contributed by atoms with Gasteiger partial charge in [-0.2, -0.15) is 0 Å². The average Bonchev–Trinajstić information content (AvgIpc) is 3.17. The fourth-order valence-electron chi connectivity index (χ4n) is 2.91. The molecule has 24 heavy (non-hydrogen) atoms. The molecule has 3 rings (SSSR count). The van der Waals surface area contributed by atoms with Gasteiger partial charge >= 0.3 is 18.1 Å². The van der Waals surface area contributed by atoms with Crippen molar-refractivity contribution in [3.8, 4) is 0 Å². The van der Waals surface area contributed by atoms with Crippen molar-refractivity contribution in [3.05, 3.63) is 11.1 Å². The monoisotopic (exact) mass is 354 g/mol. The van der Waals surface area contributed by atoms with Gasteiger partial charge in [-0.25, -0.2) is 14.6 Å². The van der Waals surface area contributed by atoms with Gasteiger partial charge in [0.2, 0.25) is 0 Å². The number of hydrogen-bond acceptors (Lipinski definition) is 6. The van der Waals surface area contributed by atoms with Crippen LogP contribution in [0.2, 0.25) is 0 Å². The number of aromatic nitrogens is 1. The van der Waals surface area contributed by atoms with E-state index in [0.717, 1.165) is 5.69 Å². The zero-order chi connectivity index (χ0) is 17.3. The lowest BCUT2D eigenvalue weighted by Gasteiger charge is -2.34. The molecule has 9 nitrogen and oxygen atoms in total. The molecule has 1 aromatic rings. The molecule has 0 aliphatic carbocycles. The molecule has 0 spiro atoms. The maximum absolute atomic E-state index is 12.5. The summed E-state index contributed by atoms with van der Waals surface area (Å²) in [6, 6.07) is -0.288. The number of nitrogens with zero attached hydrogens (tertiary/aromatic N) is 4. The Morgan fingerprint density at radius 3 is 2.92 bits per heavy atom. The summed E-state index contributed by atoms with van der Waals surface area (Å²) in [5.74, 6) is -0.298. The molecule has 2 saturated heterocycles. The molecule has 1 atom stereocenters. The molecule has 0 radical (unpaired) electrons. The molecule has 2 fully saturated rings. The predicted molar refractivity (Wildman–Crippen MR) is 85.3 cm³/mol. The van der Waals surface area contributed by atoms with Gasteiger partial charge in [0.05, 0.1) is 31.8 Å². The Hall–Kier alpha value is -2.36. The van der Waals surface area contributed by atoms with Gasteiger partial charge in [-0.15, -0.1) is 11.3 Å². The van der Waals surface area contributed by atoms with Crippen LogP contribution in [0.5, 0.6) is 0 Å². The maximum atomic E-state index is 12.5. The number of urea groups is 1. The molecule has 0 bridgehead atoms. The number of fused-ring (bicyclic) bond motifs is 1. The van der Waals surface area contributed by atoms with Crippen molar-refractivity contribution in [3.63, 3.8) is 0 Å². The number of esters is 1. The highest BCUT2D eigenvalue weighted by molar-refractivity contribution is 7.14. The predicted octanol–water partition coefficient (Wildman–Crippen LogP) is 0.853. The number of piperazine rings is 1.